The maximum Gasteiger partial charge on any atom is 0.00551 e. The first-order valence-corrected chi connectivity index (χ1v) is 3.69. The summed E-state index contributed by atoms with van der Waals surface area (Å²) in [5.41, 5.74) is 7.50. The van der Waals surface area contributed by atoms with E-state index >= 15 is 0 Å². The maximum atomic E-state index is 5.45. The molecule has 0 atom stereocenters. The summed E-state index contributed by atoms with van der Waals surface area (Å²) in [5, 5.41) is 4.10. The third-order valence-electron chi connectivity index (χ3n) is 0.938. The highest BCUT2D eigenvalue weighted by Gasteiger charge is 1.84. The molecule has 9 heavy (non-hydrogen) atoms. The van der Waals surface area contributed by atoms with Crippen molar-refractivity contribution in [3.05, 3.63) is 28.1 Å². The Kier molecular flexibility index (Phi) is 1.90. The van der Waals surface area contributed by atoms with Gasteiger partial charge in [0.1, 0.15) is 0 Å². The first-order chi connectivity index (χ1) is 4.29. The molecule has 0 aromatic carbocycles. The molecule has 0 fully saturated rings. The molecule has 0 bridgehead atoms. The fraction of sp³-hybridized carbons (Fsp3) is 0.143. The molecule has 1 heterocycles. The van der Waals surface area contributed by atoms with Crippen LogP contribution in [0, 0.1) is 0 Å². The van der Waals surface area contributed by atoms with E-state index in [2.05, 4.69) is 5.38 Å². The van der Waals surface area contributed by atoms with Crippen LogP contribution in [-0.2, 0) is 0 Å². The van der Waals surface area contributed by atoms with Gasteiger partial charge in [0.25, 0.3) is 0 Å². The maximum absolute atomic E-state index is 5.45. The van der Waals surface area contributed by atoms with Crippen LogP contribution in [0.15, 0.2) is 22.5 Å². The average Bonchev–Trinajstić information content (AvgIpc) is 2.15. The highest BCUT2D eigenvalue weighted by Crippen LogP contribution is 2.08. The van der Waals surface area contributed by atoms with Crippen LogP contribution in [-0.4, -0.2) is 0 Å². The molecule has 0 saturated carbocycles. The zero-order valence-electron chi connectivity index (χ0n) is 5.29. The quantitative estimate of drug-likeness (QED) is 0.633. The molecule has 0 radical (unpaired) electrons. The van der Waals surface area contributed by atoms with Crippen LogP contribution in [0.2, 0.25) is 0 Å². The summed E-state index contributed by atoms with van der Waals surface area (Å²) in [7, 11) is 0. The van der Waals surface area contributed by atoms with Crippen LogP contribution in [0.25, 0.3) is 6.08 Å². The van der Waals surface area contributed by atoms with E-state index in [0.29, 0.717) is 0 Å². The molecule has 0 unspecified atom stereocenters. The Hall–Kier alpha value is -0.760. The van der Waals surface area contributed by atoms with Gasteiger partial charge in [-0.2, -0.15) is 11.3 Å². The monoisotopic (exact) mass is 139 g/mol. The van der Waals surface area contributed by atoms with Gasteiger partial charge in [-0.15, -0.1) is 0 Å². The normalized spacial score (nSPS) is 11.9. The second-order valence-electron chi connectivity index (χ2n) is 1.95. The van der Waals surface area contributed by atoms with E-state index in [1.54, 1.807) is 11.3 Å². The van der Waals surface area contributed by atoms with Crippen LogP contribution in [0.3, 0.4) is 0 Å². The van der Waals surface area contributed by atoms with Crippen molar-refractivity contribution >= 4 is 17.4 Å². The summed E-state index contributed by atoms with van der Waals surface area (Å²) in [6, 6.07) is 2.04. The van der Waals surface area contributed by atoms with Gasteiger partial charge >= 0.3 is 0 Å². The highest BCUT2D eigenvalue weighted by atomic mass is 32.1. The van der Waals surface area contributed by atoms with Gasteiger partial charge in [-0.1, -0.05) is 0 Å². The summed E-state index contributed by atoms with van der Waals surface area (Å²) in [6.45, 7) is 1.89. The second kappa shape index (κ2) is 2.69. The predicted molar refractivity (Wildman–Crippen MR) is 42.2 cm³/mol. The van der Waals surface area contributed by atoms with Crippen LogP contribution in [0.5, 0.6) is 0 Å². The van der Waals surface area contributed by atoms with Crippen LogP contribution in [0.4, 0.5) is 0 Å². The molecule has 2 heteroatoms. The number of thiophene rings is 1. The Morgan fingerprint density at radius 2 is 2.56 bits per heavy atom. The van der Waals surface area contributed by atoms with E-state index in [0.717, 1.165) is 5.70 Å². The van der Waals surface area contributed by atoms with E-state index in [-0.39, 0.29) is 0 Å². The van der Waals surface area contributed by atoms with E-state index in [1.165, 1.54) is 5.56 Å². The van der Waals surface area contributed by atoms with Crippen molar-refractivity contribution in [2.45, 2.75) is 6.92 Å². The number of hydrogen-bond acceptors (Lipinski definition) is 2. The van der Waals surface area contributed by atoms with Crippen molar-refractivity contribution in [2.24, 2.45) is 5.73 Å². The molecule has 0 aliphatic carbocycles. The largest absolute Gasteiger partial charge is 0.402 e. The lowest BCUT2D eigenvalue weighted by Gasteiger charge is -1.85. The van der Waals surface area contributed by atoms with Crippen molar-refractivity contribution in [1.29, 1.82) is 0 Å². The van der Waals surface area contributed by atoms with E-state index < -0.39 is 0 Å². The summed E-state index contributed by atoms with van der Waals surface area (Å²) in [6.07, 6.45) is 1.95. The van der Waals surface area contributed by atoms with Crippen LogP contribution in [0.1, 0.15) is 12.5 Å². The molecule has 0 aliphatic heterocycles. The summed E-state index contributed by atoms with van der Waals surface area (Å²) in [4.78, 5) is 0. The molecule has 1 nitrogen and oxygen atoms in total. The van der Waals surface area contributed by atoms with Crippen LogP contribution < -0.4 is 5.73 Å². The Morgan fingerprint density at radius 1 is 1.78 bits per heavy atom. The molecular formula is C7H9NS. The van der Waals surface area contributed by atoms with Gasteiger partial charge in [0.05, 0.1) is 0 Å². The van der Waals surface area contributed by atoms with Crippen molar-refractivity contribution in [3.63, 3.8) is 0 Å². The first-order valence-electron chi connectivity index (χ1n) is 2.75. The minimum Gasteiger partial charge on any atom is -0.402 e. The zero-order valence-corrected chi connectivity index (χ0v) is 6.11. The molecule has 0 aliphatic rings. The lowest BCUT2D eigenvalue weighted by atomic mass is 10.3. The minimum absolute atomic E-state index is 0.855. The van der Waals surface area contributed by atoms with Crippen molar-refractivity contribution < 1.29 is 0 Å². The van der Waals surface area contributed by atoms with Gasteiger partial charge in [-0.3, -0.25) is 0 Å². The summed E-state index contributed by atoms with van der Waals surface area (Å²) in [5.74, 6) is 0. The van der Waals surface area contributed by atoms with Crippen LogP contribution >= 0.6 is 11.3 Å². The van der Waals surface area contributed by atoms with E-state index in [9.17, 15) is 0 Å². The summed E-state index contributed by atoms with van der Waals surface area (Å²) < 4.78 is 0. The Bertz CT molecular complexity index is 195. The SMILES string of the molecule is C/C(N)=C/c1ccsc1. The van der Waals surface area contributed by atoms with Gasteiger partial charge < -0.3 is 5.73 Å². The van der Waals surface area contributed by atoms with Crippen molar-refractivity contribution in [1.82, 2.24) is 0 Å². The average molecular weight is 139 g/mol. The van der Waals surface area contributed by atoms with Gasteiger partial charge in [0.15, 0.2) is 0 Å². The van der Waals surface area contributed by atoms with Crippen molar-refractivity contribution in [2.75, 3.05) is 0 Å². The molecular weight excluding hydrogens is 130 g/mol. The second-order valence-corrected chi connectivity index (χ2v) is 2.73. The van der Waals surface area contributed by atoms with Gasteiger partial charge in [-0.25, -0.2) is 0 Å². The standard InChI is InChI=1S/C7H9NS/c1-6(8)4-7-2-3-9-5-7/h2-5H,8H2,1H3/b6-4-. The predicted octanol–water partition coefficient (Wildman–Crippen LogP) is 2.07. The fourth-order valence-corrected chi connectivity index (χ4v) is 1.24. The lowest BCUT2D eigenvalue weighted by molar-refractivity contribution is 1.34. The highest BCUT2D eigenvalue weighted by molar-refractivity contribution is 7.08. The number of hydrogen-bond donors (Lipinski definition) is 1. The number of rotatable bonds is 1. The molecule has 1 aromatic rings. The smallest absolute Gasteiger partial charge is 0.00551 e. The molecule has 1 aromatic heterocycles. The van der Waals surface area contributed by atoms with Crippen molar-refractivity contribution in [3.8, 4) is 0 Å². The summed E-state index contributed by atoms with van der Waals surface area (Å²) >= 11 is 1.68. The van der Waals surface area contributed by atoms with E-state index in [4.69, 9.17) is 5.73 Å². The third kappa shape index (κ3) is 1.90. The lowest BCUT2D eigenvalue weighted by Crippen LogP contribution is -1.87. The topological polar surface area (TPSA) is 26.0 Å². The molecule has 48 valence electrons. The van der Waals surface area contributed by atoms with Gasteiger partial charge in [0, 0.05) is 5.70 Å². The molecule has 1 rings (SSSR count). The minimum atomic E-state index is 0.855. The number of nitrogens with two attached hydrogens (primary N) is 1. The molecule has 0 saturated heterocycles. The molecule has 0 amide bonds. The zero-order chi connectivity index (χ0) is 6.69. The first kappa shape index (κ1) is 6.36. The number of allylic oxidation sites excluding steroid dienone is 1. The van der Waals surface area contributed by atoms with E-state index in [1.807, 2.05) is 24.4 Å². The fourth-order valence-electron chi connectivity index (χ4n) is 0.620. The Balaban J connectivity index is 2.80. The molecule has 2 N–H and O–H groups in total. The molecule has 0 spiro atoms. The van der Waals surface area contributed by atoms with Gasteiger partial charge in [0.2, 0.25) is 0 Å². The Labute approximate surface area is 58.8 Å². The Morgan fingerprint density at radius 3 is 3.00 bits per heavy atom. The third-order valence-corrected chi connectivity index (χ3v) is 1.64. The van der Waals surface area contributed by atoms with Gasteiger partial charge in [-0.05, 0) is 35.4 Å².